The second-order valence-electron chi connectivity index (χ2n) is 8.76. The second kappa shape index (κ2) is 9.83. The van der Waals surface area contributed by atoms with Gasteiger partial charge in [0.15, 0.2) is 17.0 Å². The highest BCUT2D eigenvalue weighted by molar-refractivity contribution is 6.11. The Balaban J connectivity index is 1.47. The second-order valence-corrected chi connectivity index (χ2v) is 8.76. The van der Waals surface area contributed by atoms with Crippen LogP contribution >= 0.6 is 0 Å². The monoisotopic (exact) mass is 553 g/mol. The maximum Gasteiger partial charge on any atom is 0.433 e. The normalized spacial score (nSPS) is 11.6. The molecule has 2 amide bonds. The van der Waals surface area contributed by atoms with Gasteiger partial charge in [-0.05, 0) is 37.3 Å². The van der Waals surface area contributed by atoms with Crippen molar-refractivity contribution in [2.75, 3.05) is 17.7 Å². The number of nitrogens with one attached hydrogen (secondary N) is 2. The van der Waals surface area contributed by atoms with Crippen molar-refractivity contribution < 1.29 is 27.5 Å². The van der Waals surface area contributed by atoms with Crippen molar-refractivity contribution in [3.05, 3.63) is 71.6 Å². The van der Waals surface area contributed by atoms with Crippen LogP contribution < -0.4 is 15.4 Å². The Kier molecular flexibility index (Phi) is 6.49. The van der Waals surface area contributed by atoms with Crippen molar-refractivity contribution >= 4 is 28.8 Å². The predicted molar refractivity (Wildman–Crippen MR) is 137 cm³/mol. The molecule has 0 spiro atoms. The lowest BCUT2D eigenvalue weighted by atomic mass is 10.1. The van der Waals surface area contributed by atoms with Crippen LogP contribution in [-0.2, 0) is 20.3 Å². The zero-order chi connectivity index (χ0) is 28.8. The highest BCUT2D eigenvalue weighted by Gasteiger charge is 2.36. The molecule has 4 aromatic heterocycles. The average Bonchev–Trinajstić information content (AvgIpc) is 3.60. The van der Waals surface area contributed by atoms with E-state index in [4.69, 9.17) is 4.74 Å². The van der Waals surface area contributed by atoms with Gasteiger partial charge in [-0.2, -0.15) is 28.5 Å². The fourth-order valence-electron chi connectivity index (χ4n) is 3.98. The first kappa shape index (κ1) is 26.4. The molecule has 206 valence electrons. The zero-order valence-electron chi connectivity index (χ0n) is 21.6. The molecule has 0 saturated heterocycles. The predicted octanol–water partition coefficient (Wildman–Crippen LogP) is 3.70. The molecule has 40 heavy (non-hydrogen) atoms. The number of aryl methyl sites for hydroxylation is 2. The lowest BCUT2D eigenvalue weighted by Gasteiger charge is -2.11. The largest absolute Gasteiger partial charge is 0.497 e. The minimum atomic E-state index is -4.79. The van der Waals surface area contributed by atoms with Gasteiger partial charge < -0.3 is 15.4 Å². The maximum atomic E-state index is 14.0. The Morgan fingerprint density at radius 3 is 2.20 bits per heavy atom. The van der Waals surface area contributed by atoms with Gasteiger partial charge in [0.1, 0.15) is 11.4 Å². The summed E-state index contributed by atoms with van der Waals surface area (Å²) in [5, 5.41) is 17.2. The van der Waals surface area contributed by atoms with Crippen LogP contribution in [-0.4, -0.2) is 53.1 Å². The summed E-state index contributed by atoms with van der Waals surface area (Å²) >= 11 is 0. The Bertz CT molecular complexity index is 1750. The lowest BCUT2D eigenvalue weighted by Crippen LogP contribution is -2.21. The van der Waals surface area contributed by atoms with Crippen molar-refractivity contribution in [2.45, 2.75) is 13.1 Å². The van der Waals surface area contributed by atoms with Crippen LogP contribution in [0.4, 0.5) is 24.5 Å². The summed E-state index contributed by atoms with van der Waals surface area (Å²) in [7, 11) is 4.70. The van der Waals surface area contributed by atoms with E-state index in [0.29, 0.717) is 27.2 Å². The number of ether oxygens (including phenoxy) is 1. The minimum Gasteiger partial charge on any atom is -0.497 e. The third-order valence-corrected chi connectivity index (χ3v) is 6.22. The van der Waals surface area contributed by atoms with Gasteiger partial charge in [0.2, 0.25) is 0 Å². The number of rotatable bonds is 6. The summed E-state index contributed by atoms with van der Waals surface area (Å²) in [4.78, 5) is 30.3. The molecule has 0 aliphatic heterocycles. The molecule has 15 heteroatoms. The average molecular weight is 554 g/mol. The first-order chi connectivity index (χ1) is 19.0. The number of hydrogen-bond acceptors (Lipinski definition) is 7. The molecule has 0 aliphatic rings. The number of aromatic nitrogens is 7. The molecule has 0 unspecified atom stereocenters. The molecule has 5 rings (SSSR count). The summed E-state index contributed by atoms with van der Waals surface area (Å²) in [5.41, 5.74) is 0.00304. The number of fused-ring (bicyclic) bond motifs is 1. The van der Waals surface area contributed by atoms with Crippen LogP contribution in [0.15, 0.2) is 48.8 Å². The van der Waals surface area contributed by atoms with Gasteiger partial charge in [-0.1, -0.05) is 0 Å². The van der Waals surface area contributed by atoms with Gasteiger partial charge in [0.05, 0.1) is 42.3 Å². The molecule has 12 nitrogen and oxygen atoms in total. The minimum absolute atomic E-state index is 0.0104. The Morgan fingerprint density at radius 2 is 1.57 bits per heavy atom. The van der Waals surface area contributed by atoms with Gasteiger partial charge in [-0.3, -0.25) is 19.0 Å². The van der Waals surface area contributed by atoms with Crippen LogP contribution in [0.3, 0.4) is 0 Å². The Morgan fingerprint density at radius 1 is 0.925 bits per heavy atom. The zero-order valence-corrected chi connectivity index (χ0v) is 21.6. The van der Waals surface area contributed by atoms with Gasteiger partial charge in [0.25, 0.3) is 11.8 Å². The molecule has 0 aliphatic carbocycles. The number of hydrogen-bond donors (Lipinski definition) is 2. The van der Waals surface area contributed by atoms with Crippen molar-refractivity contribution in [3.8, 4) is 17.0 Å². The quantitative estimate of drug-likeness (QED) is 0.328. The first-order valence-electron chi connectivity index (χ1n) is 11.7. The van der Waals surface area contributed by atoms with Crippen LogP contribution in [0.25, 0.3) is 16.9 Å². The topological polar surface area (TPSA) is 133 Å². The van der Waals surface area contributed by atoms with Crippen molar-refractivity contribution in [3.63, 3.8) is 0 Å². The van der Waals surface area contributed by atoms with E-state index in [1.807, 2.05) is 0 Å². The third-order valence-electron chi connectivity index (χ3n) is 6.22. The van der Waals surface area contributed by atoms with Crippen LogP contribution in [0.1, 0.15) is 32.4 Å². The smallest absolute Gasteiger partial charge is 0.433 e. The number of carbonyl (C=O) groups excluding carboxylic acids is 2. The van der Waals surface area contributed by atoms with Crippen LogP contribution in [0.2, 0.25) is 0 Å². The molecule has 0 bridgehead atoms. The molecule has 0 saturated carbocycles. The third kappa shape index (κ3) is 4.83. The molecule has 4 heterocycles. The van der Waals surface area contributed by atoms with E-state index < -0.39 is 23.7 Å². The van der Waals surface area contributed by atoms with E-state index in [0.717, 1.165) is 12.1 Å². The summed E-state index contributed by atoms with van der Waals surface area (Å²) in [6.07, 6.45) is -2.06. The van der Waals surface area contributed by atoms with E-state index in [-0.39, 0.29) is 28.4 Å². The first-order valence-corrected chi connectivity index (χ1v) is 11.7. The summed E-state index contributed by atoms with van der Waals surface area (Å²) in [6, 6.07) is 8.33. The molecular weight excluding hydrogens is 531 g/mol. The van der Waals surface area contributed by atoms with E-state index in [2.05, 4.69) is 30.9 Å². The van der Waals surface area contributed by atoms with Gasteiger partial charge in [-0.25, -0.2) is 9.50 Å². The highest BCUT2D eigenvalue weighted by atomic mass is 19.4. The van der Waals surface area contributed by atoms with Gasteiger partial charge in [0, 0.05) is 25.7 Å². The molecule has 5 aromatic rings. The number of amides is 2. The standard InChI is InChI=1S/C25H22F3N9O3/c1-13-18(11-29-35(13)2)32-24(39)22-19(12-30-36(22)3)33-23(38)17-10-21-31-16(14-5-7-15(40-4)8-6-14)9-20(25(26,27)28)37(21)34-17/h5-12H,1-4H3,(H,32,39)(H,33,38). The molecule has 0 radical (unpaired) electrons. The molecule has 2 N–H and O–H groups in total. The highest BCUT2D eigenvalue weighted by Crippen LogP contribution is 2.33. The number of carbonyl (C=O) groups is 2. The number of methoxy groups -OCH3 is 1. The van der Waals surface area contributed by atoms with Crippen molar-refractivity contribution in [1.29, 1.82) is 0 Å². The number of nitrogens with zero attached hydrogens (tertiary/aromatic N) is 7. The summed E-state index contributed by atoms with van der Waals surface area (Å²) in [5.74, 6) is -0.904. The van der Waals surface area contributed by atoms with Crippen molar-refractivity contribution in [1.82, 2.24) is 34.2 Å². The van der Waals surface area contributed by atoms with Crippen LogP contribution in [0, 0.1) is 6.92 Å². The fourth-order valence-corrected chi connectivity index (χ4v) is 3.98. The number of alkyl halides is 3. The maximum absolute atomic E-state index is 14.0. The van der Waals surface area contributed by atoms with E-state index in [9.17, 15) is 22.8 Å². The van der Waals surface area contributed by atoms with Gasteiger partial charge >= 0.3 is 6.18 Å². The van der Waals surface area contributed by atoms with E-state index in [1.54, 1.807) is 42.9 Å². The van der Waals surface area contributed by atoms with E-state index >= 15 is 0 Å². The van der Waals surface area contributed by atoms with Gasteiger partial charge in [-0.15, -0.1) is 0 Å². The molecule has 0 fully saturated rings. The van der Waals surface area contributed by atoms with E-state index in [1.165, 1.54) is 31.2 Å². The lowest BCUT2D eigenvalue weighted by molar-refractivity contribution is -0.142. The van der Waals surface area contributed by atoms with Crippen molar-refractivity contribution in [2.24, 2.45) is 14.1 Å². The SMILES string of the molecule is COc1ccc(-c2cc(C(F)(F)F)n3nc(C(=O)Nc4cnn(C)c4C(=O)Nc4cnn(C)c4C)cc3n2)cc1. The summed E-state index contributed by atoms with van der Waals surface area (Å²) in [6.45, 7) is 1.77. The Hall–Kier alpha value is -5.21. The Labute approximate surface area is 224 Å². The number of halogens is 3. The number of benzene rings is 1. The molecule has 1 aromatic carbocycles. The number of anilines is 2. The summed E-state index contributed by atoms with van der Waals surface area (Å²) < 4.78 is 50.4. The fraction of sp³-hybridized carbons (Fsp3) is 0.200. The molecular formula is C25H22F3N9O3. The molecule has 0 atom stereocenters. The van der Waals surface area contributed by atoms with Crippen LogP contribution in [0.5, 0.6) is 5.75 Å².